The molecule has 0 aliphatic rings. The number of nitrogens with one attached hydrogen (secondary N) is 1. The Hall–Kier alpha value is -2.82. The predicted molar refractivity (Wildman–Crippen MR) is 96.5 cm³/mol. The summed E-state index contributed by atoms with van der Waals surface area (Å²) in [7, 11) is 0. The van der Waals surface area contributed by atoms with Crippen LogP contribution in [0.3, 0.4) is 0 Å². The Morgan fingerprint density at radius 2 is 1.68 bits per heavy atom. The number of anilines is 1. The van der Waals surface area contributed by atoms with Crippen LogP contribution in [-0.4, -0.2) is 24.1 Å². The number of para-hydroxylation sites is 1. The summed E-state index contributed by atoms with van der Waals surface area (Å²) < 4.78 is 10.9. The molecule has 5 nitrogen and oxygen atoms in total. The van der Waals surface area contributed by atoms with E-state index >= 15 is 0 Å². The van der Waals surface area contributed by atoms with E-state index in [0.29, 0.717) is 17.9 Å². The molecule has 0 spiro atoms. The van der Waals surface area contributed by atoms with Crippen LogP contribution in [-0.2, 0) is 14.3 Å². The number of ether oxygens (including phenoxy) is 2. The molecule has 0 aliphatic carbocycles. The molecular weight excluding hydrogens is 318 g/mol. The molecule has 132 valence electrons. The maximum absolute atomic E-state index is 12.3. The Bertz CT molecular complexity index is 697. The van der Waals surface area contributed by atoms with Gasteiger partial charge >= 0.3 is 5.97 Å². The van der Waals surface area contributed by atoms with Gasteiger partial charge in [0.05, 0.1) is 0 Å². The number of rotatable bonds is 7. The lowest BCUT2D eigenvalue weighted by Crippen LogP contribution is -2.36. The summed E-state index contributed by atoms with van der Waals surface area (Å²) in [5.74, 6) is -0.354. The maximum Gasteiger partial charge on any atom is 0.348 e. The van der Waals surface area contributed by atoms with Gasteiger partial charge in [0, 0.05) is 5.69 Å². The van der Waals surface area contributed by atoms with Gasteiger partial charge < -0.3 is 14.8 Å². The van der Waals surface area contributed by atoms with E-state index in [1.165, 1.54) is 6.92 Å². The zero-order valence-electron chi connectivity index (χ0n) is 14.7. The lowest BCUT2D eigenvalue weighted by atomic mass is 10.2. The highest BCUT2D eigenvalue weighted by molar-refractivity contribution is 5.95. The summed E-state index contributed by atoms with van der Waals surface area (Å²) in [6.45, 7) is 5.33. The van der Waals surface area contributed by atoms with Crippen molar-refractivity contribution in [3.05, 3.63) is 60.2 Å². The van der Waals surface area contributed by atoms with E-state index in [1.54, 1.807) is 24.3 Å². The van der Waals surface area contributed by atoms with E-state index < -0.39 is 18.2 Å². The Morgan fingerprint density at radius 1 is 1.04 bits per heavy atom. The van der Waals surface area contributed by atoms with E-state index in [9.17, 15) is 9.59 Å². The fourth-order valence-electron chi connectivity index (χ4n) is 2.15. The van der Waals surface area contributed by atoms with Gasteiger partial charge in [-0.25, -0.2) is 4.79 Å². The molecule has 0 bridgehead atoms. The molecule has 0 fully saturated rings. The molecule has 0 radical (unpaired) electrons. The SMILES string of the molecule is CC[C@@H](Oc1ccccc1)C(=O)O[C@H](C)C(=O)Nc1ccc(C)cc1. The third-order valence-electron chi connectivity index (χ3n) is 3.64. The average Bonchev–Trinajstić information content (AvgIpc) is 2.62. The molecule has 5 heteroatoms. The van der Waals surface area contributed by atoms with Crippen LogP contribution in [0.25, 0.3) is 0 Å². The van der Waals surface area contributed by atoms with Crippen LogP contribution in [0.4, 0.5) is 5.69 Å². The van der Waals surface area contributed by atoms with Gasteiger partial charge in [-0.3, -0.25) is 4.79 Å². The van der Waals surface area contributed by atoms with Crippen LogP contribution < -0.4 is 10.1 Å². The first-order valence-corrected chi connectivity index (χ1v) is 8.29. The van der Waals surface area contributed by atoms with Crippen molar-refractivity contribution in [1.29, 1.82) is 0 Å². The van der Waals surface area contributed by atoms with Crippen LogP contribution >= 0.6 is 0 Å². The van der Waals surface area contributed by atoms with Gasteiger partial charge in [0.1, 0.15) is 5.75 Å². The molecule has 25 heavy (non-hydrogen) atoms. The Labute approximate surface area is 148 Å². The van der Waals surface area contributed by atoms with Crippen molar-refractivity contribution in [2.75, 3.05) is 5.32 Å². The maximum atomic E-state index is 12.3. The standard InChI is InChI=1S/C20H23NO4/c1-4-18(25-17-8-6-5-7-9-17)20(23)24-15(3)19(22)21-16-12-10-14(2)11-13-16/h5-13,15,18H,4H2,1-3H3,(H,21,22)/t15-,18-/m1/s1. The monoisotopic (exact) mass is 341 g/mol. The van der Waals surface area contributed by atoms with Crippen LogP contribution in [0.1, 0.15) is 25.8 Å². The third-order valence-corrected chi connectivity index (χ3v) is 3.64. The zero-order valence-corrected chi connectivity index (χ0v) is 14.7. The number of benzene rings is 2. The topological polar surface area (TPSA) is 64.6 Å². The van der Waals surface area contributed by atoms with Crippen LogP contribution in [0.2, 0.25) is 0 Å². The van der Waals surface area contributed by atoms with Crippen molar-refractivity contribution < 1.29 is 19.1 Å². The number of hydrogen-bond donors (Lipinski definition) is 1. The second-order valence-corrected chi connectivity index (χ2v) is 5.76. The summed E-state index contributed by atoms with van der Waals surface area (Å²) in [4.78, 5) is 24.4. The highest BCUT2D eigenvalue weighted by Crippen LogP contribution is 2.14. The predicted octanol–water partition coefficient (Wildman–Crippen LogP) is 3.72. The highest BCUT2D eigenvalue weighted by atomic mass is 16.6. The molecule has 2 aromatic carbocycles. The normalized spacial score (nSPS) is 12.8. The van der Waals surface area contributed by atoms with Crippen molar-refractivity contribution in [2.24, 2.45) is 0 Å². The minimum Gasteiger partial charge on any atom is -0.479 e. The first kappa shape index (κ1) is 18.5. The van der Waals surface area contributed by atoms with Crippen LogP contribution in [0, 0.1) is 6.92 Å². The Balaban J connectivity index is 1.90. The Morgan fingerprint density at radius 3 is 2.28 bits per heavy atom. The Kier molecular flexibility index (Phi) is 6.57. The molecule has 0 saturated carbocycles. The van der Waals surface area contributed by atoms with E-state index in [4.69, 9.17) is 9.47 Å². The van der Waals surface area contributed by atoms with E-state index in [1.807, 2.05) is 44.2 Å². The van der Waals surface area contributed by atoms with Gasteiger partial charge in [-0.05, 0) is 44.5 Å². The van der Waals surface area contributed by atoms with E-state index in [0.717, 1.165) is 5.56 Å². The molecular formula is C20H23NO4. The number of aryl methyl sites for hydroxylation is 1. The van der Waals surface area contributed by atoms with Gasteiger partial charge in [-0.2, -0.15) is 0 Å². The van der Waals surface area contributed by atoms with Crippen LogP contribution in [0.5, 0.6) is 5.75 Å². The van der Waals surface area contributed by atoms with Gasteiger partial charge in [0.15, 0.2) is 12.2 Å². The number of esters is 1. The molecule has 2 atom stereocenters. The lowest BCUT2D eigenvalue weighted by molar-refractivity contribution is -0.160. The molecule has 2 aromatic rings. The van der Waals surface area contributed by atoms with Gasteiger partial charge in [-0.15, -0.1) is 0 Å². The molecule has 0 aromatic heterocycles. The summed E-state index contributed by atoms with van der Waals surface area (Å²) in [6, 6.07) is 16.4. The van der Waals surface area contributed by atoms with Crippen molar-refractivity contribution in [3.8, 4) is 5.75 Å². The number of hydrogen-bond acceptors (Lipinski definition) is 4. The average molecular weight is 341 g/mol. The zero-order chi connectivity index (χ0) is 18.2. The van der Waals surface area contributed by atoms with E-state index in [-0.39, 0.29) is 5.91 Å². The number of carbonyl (C=O) groups is 2. The molecule has 1 amide bonds. The minimum absolute atomic E-state index is 0.383. The van der Waals surface area contributed by atoms with Crippen molar-refractivity contribution >= 4 is 17.6 Å². The molecule has 0 heterocycles. The second kappa shape index (κ2) is 8.87. The summed E-state index contributed by atoms with van der Waals surface area (Å²) in [5, 5.41) is 2.72. The fraction of sp³-hybridized carbons (Fsp3) is 0.300. The van der Waals surface area contributed by atoms with Gasteiger partial charge in [0.25, 0.3) is 5.91 Å². The quantitative estimate of drug-likeness (QED) is 0.780. The second-order valence-electron chi connectivity index (χ2n) is 5.76. The smallest absolute Gasteiger partial charge is 0.348 e. The summed E-state index contributed by atoms with van der Waals surface area (Å²) >= 11 is 0. The van der Waals surface area contributed by atoms with Crippen molar-refractivity contribution in [3.63, 3.8) is 0 Å². The molecule has 0 aliphatic heterocycles. The molecule has 2 rings (SSSR count). The number of carbonyl (C=O) groups excluding carboxylic acids is 2. The van der Waals surface area contributed by atoms with Gasteiger partial charge in [0.2, 0.25) is 0 Å². The molecule has 0 unspecified atom stereocenters. The van der Waals surface area contributed by atoms with Crippen molar-refractivity contribution in [1.82, 2.24) is 0 Å². The first-order chi connectivity index (χ1) is 12.0. The highest BCUT2D eigenvalue weighted by Gasteiger charge is 2.25. The van der Waals surface area contributed by atoms with Gasteiger partial charge in [-0.1, -0.05) is 42.8 Å². The molecule has 1 N–H and O–H groups in total. The number of amides is 1. The minimum atomic E-state index is -0.915. The first-order valence-electron chi connectivity index (χ1n) is 8.29. The lowest BCUT2D eigenvalue weighted by Gasteiger charge is -2.19. The summed E-state index contributed by atoms with van der Waals surface area (Å²) in [5.41, 5.74) is 1.76. The van der Waals surface area contributed by atoms with Crippen molar-refractivity contribution in [2.45, 2.75) is 39.4 Å². The molecule has 0 saturated heterocycles. The fourth-order valence-corrected chi connectivity index (χ4v) is 2.15. The largest absolute Gasteiger partial charge is 0.479 e. The third kappa shape index (κ3) is 5.64. The van der Waals surface area contributed by atoms with Crippen LogP contribution in [0.15, 0.2) is 54.6 Å². The summed E-state index contributed by atoms with van der Waals surface area (Å²) in [6.07, 6.45) is -1.22. The van der Waals surface area contributed by atoms with E-state index in [2.05, 4.69) is 5.32 Å².